The van der Waals surface area contributed by atoms with Crippen LogP contribution in [0.5, 0.6) is 0 Å². The molecule has 0 aliphatic carbocycles. The molecule has 134 valence electrons. The van der Waals surface area contributed by atoms with E-state index in [0.29, 0.717) is 0 Å². The van der Waals surface area contributed by atoms with Crippen LogP contribution in [0, 0.1) is 0 Å². The average Bonchev–Trinajstić information content (AvgIpc) is 2.75. The molecule has 0 bridgehead atoms. The molecule has 1 saturated heterocycles. The minimum Gasteiger partial charge on any atom is -0.384 e. The van der Waals surface area contributed by atoms with Gasteiger partial charge in [-0.25, -0.2) is 0 Å². The van der Waals surface area contributed by atoms with Crippen LogP contribution >= 0.6 is 11.1 Å². The maximum atomic E-state index is 6.89. The third-order valence-electron chi connectivity index (χ3n) is 5.38. The van der Waals surface area contributed by atoms with E-state index in [0.717, 1.165) is 0 Å². The second-order valence-electron chi connectivity index (χ2n) is 8.32. The zero-order valence-corrected chi connectivity index (χ0v) is 17.7. The minimum atomic E-state index is -2.04. The van der Waals surface area contributed by atoms with Crippen molar-refractivity contribution in [3.8, 4) is 0 Å². The number of rotatable bonds is 3. The lowest BCUT2D eigenvalue weighted by Gasteiger charge is -2.38. The van der Waals surface area contributed by atoms with E-state index in [2.05, 4.69) is 88.2 Å². The lowest BCUT2D eigenvalue weighted by Crippen LogP contribution is -2.54. The van der Waals surface area contributed by atoms with Crippen LogP contribution in [0.2, 0.25) is 13.1 Å². The fourth-order valence-electron chi connectivity index (χ4n) is 3.08. The summed E-state index contributed by atoms with van der Waals surface area (Å²) in [6.45, 7) is 12.6. The molecular weight excluding hydrogens is 349 g/mol. The number of halogens is 1. The van der Waals surface area contributed by atoms with Gasteiger partial charge in [-0.3, -0.25) is 0 Å². The smallest absolute Gasteiger partial charge is 0.384 e. The largest absolute Gasteiger partial charge is 0.594 e. The predicted octanol–water partition coefficient (Wildman–Crippen LogP) is 4.84. The van der Waals surface area contributed by atoms with Crippen LogP contribution in [-0.2, 0) is 9.31 Å². The van der Waals surface area contributed by atoms with Gasteiger partial charge in [-0.1, -0.05) is 49.5 Å². The van der Waals surface area contributed by atoms with Crippen LogP contribution in [0.15, 0.2) is 48.7 Å². The van der Waals surface area contributed by atoms with Crippen molar-refractivity contribution in [3.05, 3.63) is 54.2 Å². The topological polar surface area (TPSA) is 21.7 Å². The Balaban J connectivity index is 1.92. The van der Waals surface area contributed by atoms with Crippen molar-refractivity contribution in [2.24, 2.45) is 0 Å². The number of benzene rings is 1. The second kappa shape index (κ2) is 6.31. The number of hydrogen-bond donors (Lipinski definition) is 0. The molecule has 2 aliphatic heterocycles. The summed E-state index contributed by atoms with van der Waals surface area (Å²) in [5.41, 5.74) is 1.76. The Kier molecular flexibility index (Phi) is 4.74. The number of allylic oxidation sites excluding steroid dienone is 2. The van der Waals surface area contributed by atoms with E-state index < -0.39 is 14.6 Å². The second-order valence-corrected chi connectivity index (χ2v) is 15.0. The molecule has 1 fully saturated rings. The van der Waals surface area contributed by atoms with Gasteiger partial charge in [0.05, 0.1) is 11.2 Å². The summed E-state index contributed by atoms with van der Waals surface area (Å²) in [6, 6.07) is 10.4. The molecule has 0 amide bonds. The van der Waals surface area contributed by atoms with E-state index in [1.807, 2.05) is 6.07 Å². The third-order valence-corrected chi connectivity index (χ3v) is 7.92. The SMILES string of the molecule is CC1(C)OB(N2C=CC(c3ccccc3)=CC2[Si](C)(C)Cl)OC1(C)C. The molecule has 3 nitrogen and oxygen atoms in total. The average molecular weight is 376 g/mol. The van der Waals surface area contributed by atoms with E-state index in [1.165, 1.54) is 11.1 Å². The molecule has 25 heavy (non-hydrogen) atoms. The van der Waals surface area contributed by atoms with Crippen LogP contribution < -0.4 is 0 Å². The van der Waals surface area contributed by atoms with Gasteiger partial charge in [0, 0.05) is 5.67 Å². The Hall–Kier alpha value is -1.01. The van der Waals surface area contributed by atoms with Gasteiger partial charge in [0.15, 0.2) is 7.38 Å². The summed E-state index contributed by atoms with van der Waals surface area (Å²) in [6.07, 6.45) is 6.46. The van der Waals surface area contributed by atoms with Crippen molar-refractivity contribution in [3.63, 3.8) is 0 Å². The van der Waals surface area contributed by atoms with Crippen molar-refractivity contribution in [1.82, 2.24) is 4.81 Å². The van der Waals surface area contributed by atoms with E-state index in [-0.39, 0.29) is 16.9 Å². The van der Waals surface area contributed by atoms with Gasteiger partial charge in [0.2, 0.25) is 0 Å². The molecule has 1 aromatic carbocycles. The van der Waals surface area contributed by atoms with E-state index >= 15 is 0 Å². The Morgan fingerprint density at radius 3 is 2.12 bits per heavy atom. The highest BCUT2D eigenvalue weighted by Gasteiger charge is 2.56. The molecule has 3 rings (SSSR count). The molecule has 1 unspecified atom stereocenters. The first-order valence-electron chi connectivity index (χ1n) is 8.79. The quantitative estimate of drug-likeness (QED) is 0.557. The Bertz CT molecular complexity index is 681. The van der Waals surface area contributed by atoms with E-state index in [9.17, 15) is 0 Å². The Morgan fingerprint density at radius 2 is 1.60 bits per heavy atom. The Morgan fingerprint density at radius 1 is 1.04 bits per heavy atom. The Labute approximate surface area is 157 Å². The molecule has 2 aliphatic rings. The summed E-state index contributed by atoms with van der Waals surface area (Å²) >= 11 is 6.89. The molecule has 0 spiro atoms. The number of hydrogen-bond acceptors (Lipinski definition) is 3. The fourth-order valence-corrected chi connectivity index (χ4v) is 5.10. The molecule has 6 heteroatoms. The molecule has 0 radical (unpaired) electrons. The lowest BCUT2D eigenvalue weighted by molar-refractivity contribution is 0.00578. The zero-order chi connectivity index (χ0) is 18.5. The monoisotopic (exact) mass is 375 g/mol. The van der Waals surface area contributed by atoms with Crippen LogP contribution in [0.3, 0.4) is 0 Å². The molecule has 0 N–H and O–H groups in total. The first kappa shape index (κ1) is 18.8. The zero-order valence-electron chi connectivity index (χ0n) is 15.9. The highest BCUT2D eigenvalue weighted by Crippen LogP contribution is 2.40. The van der Waals surface area contributed by atoms with E-state index in [4.69, 9.17) is 20.4 Å². The van der Waals surface area contributed by atoms with Crippen molar-refractivity contribution >= 4 is 31.3 Å². The van der Waals surface area contributed by atoms with Crippen molar-refractivity contribution < 1.29 is 9.31 Å². The standard InChI is InChI=1S/C19H27BClNO2Si/c1-18(2)19(3,4)24-20(23-18)22-13-12-16(14-17(22)25(5,6)21)15-10-8-7-9-11-15/h7-14,17H,1-6H3. The fraction of sp³-hybridized carbons (Fsp3) is 0.474. The maximum absolute atomic E-state index is 6.89. The first-order chi connectivity index (χ1) is 11.5. The van der Waals surface area contributed by atoms with Gasteiger partial charge >= 0.3 is 7.25 Å². The van der Waals surface area contributed by atoms with Gasteiger partial charge in [-0.15, -0.1) is 0 Å². The summed E-state index contributed by atoms with van der Waals surface area (Å²) < 4.78 is 12.5. The van der Waals surface area contributed by atoms with Gasteiger partial charge in [0.25, 0.3) is 0 Å². The molecule has 0 aromatic heterocycles. The molecule has 1 atom stereocenters. The maximum Gasteiger partial charge on any atom is 0.594 e. The minimum absolute atomic E-state index is 0.0871. The van der Waals surface area contributed by atoms with Crippen molar-refractivity contribution in [1.29, 1.82) is 0 Å². The highest BCUT2D eigenvalue weighted by molar-refractivity contribution is 7.20. The highest BCUT2D eigenvalue weighted by atomic mass is 35.6. The van der Waals surface area contributed by atoms with Crippen LogP contribution in [-0.4, -0.2) is 36.3 Å². The van der Waals surface area contributed by atoms with Crippen LogP contribution in [0.4, 0.5) is 0 Å². The number of nitrogens with zero attached hydrogens (tertiary/aromatic N) is 1. The third kappa shape index (κ3) is 3.61. The molecular formula is C19H27BClNO2Si. The summed E-state index contributed by atoms with van der Waals surface area (Å²) in [4.78, 5) is 2.14. The normalized spacial score (nSPS) is 25.2. The molecule has 0 saturated carbocycles. The summed E-state index contributed by atoms with van der Waals surface area (Å²) in [5, 5.41) is 0. The van der Waals surface area contributed by atoms with Crippen molar-refractivity contribution in [2.45, 2.75) is 57.7 Å². The first-order valence-corrected chi connectivity index (χ1v) is 12.9. The van der Waals surface area contributed by atoms with Crippen LogP contribution in [0.25, 0.3) is 5.57 Å². The van der Waals surface area contributed by atoms with Gasteiger partial charge in [0.1, 0.15) is 0 Å². The summed E-state index contributed by atoms with van der Waals surface area (Å²) in [5.74, 6) is 0. The van der Waals surface area contributed by atoms with E-state index in [1.54, 1.807) is 0 Å². The summed E-state index contributed by atoms with van der Waals surface area (Å²) in [7, 11) is -2.47. The van der Waals surface area contributed by atoms with Gasteiger partial charge in [-0.2, -0.15) is 11.1 Å². The lowest BCUT2D eigenvalue weighted by atomic mass is 9.90. The van der Waals surface area contributed by atoms with Gasteiger partial charge < -0.3 is 14.1 Å². The molecule has 2 heterocycles. The van der Waals surface area contributed by atoms with Gasteiger partial charge in [-0.05, 0) is 51.1 Å². The van der Waals surface area contributed by atoms with Crippen molar-refractivity contribution in [2.75, 3.05) is 0 Å². The van der Waals surface area contributed by atoms with Crippen LogP contribution in [0.1, 0.15) is 33.3 Å². The molecule has 1 aromatic rings. The predicted molar refractivity (Wildman–Crippen MR) is 109 cm³/mol.